The lowest BCUT2D eigenvalue weighted by Crippen LogP contribution is -2.48. The molecule has 1 atom stereocenters. The molecule has 28 heavy (non-hydrogen) atoms. The summed E-state index contributed by atoms with van der Waals surface area (Å²) in [5.41, 5.74) is 0.892. The molecule has 1 unspecified atom stereocenters. The molecule has 1 saturated carbocycles. The molecule has 0 bridgehead atoms. The fourth-order valence-corrected chi connectivity index (χ4v) is 3.42. The van der Waals surface area contributed by atoms with Gasteiger partial charge in [-0.05, 0) is 44.0 Å². The predicted molar refractivity (Wildman–Crippen MR) is 98.9 cm³/mol. The summed E-state index contributed by atoms with van der Waals surface area (Å²) >= 11 is 0. The highest BCUT2D eigenvalue weighted by Crippen LogP contribution is 2.32. The van der Waals surface area contributed by atoms with E-state index in [2.05, 4.69) is 15.5 Å². The Bertz CT molecular complexity index is 853. The average Bonchev–Trinajstić information content (AvgIpc) is 3.15. The number of esters is 1. The Kier molecular flexibility index (Phi) is 5.21. The minimum absolute atomic E-state index is 0.243. The van der Waals surface area contributed by atoms with E-state index in [0.29, 0.717) is 36.2 Å². The highest BCUT2D eigenvalue weighted by Gasteiger charge is 2.38. The number of furan rings is 2. The zero-order chi connectivity index (χ0) is 19.5. The van der Waals surface area contributed by atoms with Crippen LogP contribution in [0.4, 0.5) is 4.79 Å². The van der Waals surface area contributed by atoms with Gasteiger partial charge in [-0.2, -0.15) is 0 Å². The number of nitrogens with zero attached hydrogens (tertiary/aromatic N) is 1. The second kappa shape index (κ2) is 7.93. The van der Waals surface area contributed by atoms with Crippen LogP contribution in [0.1, 0.15) is 37.3 Å². The lowest BCUT2D eigenvalue weighted by molar-refractivity contribution is -0.139. The van der Waals surface area contributed by atoms with E-state index in [1.165, 1.54) is 6.26 Å². The summed E-state index contributed by atoms with van der Waals surface area (Å²) in [6.45, 7) is 3.01. The smallest absolute Gasteiger partial charge is 0.338 e. The summed E-state index contributed by atoms with van der Waals surface area (Å²) in [6, 6.07) is 6.55. The molecule has 2 amide bonds. The van der Waals surface area contributed by atoms with Crippen molar-refractivity contribution in [3.05, 3.63) is 59.6 Å². The predicted octanol–water partition coefficient (Wildman–Crippen LogP) is 2.71. The summed E-state index contributed by atoms with van der Waals surface area (Å²) in [6.07, 6.45) is 5.31. The maximum absolute atomic E-state index is 12.8. The molecular formula is C20H23N3O5. The lowest BCUT2D eigenvalue weighted by Gasteiger charge is -2.31. The standard InChI is InChI=1S/C20H23N3O5/c1-2-26-19(24)17-15(21-20(25)22-18(17)16-6-4-10-28-16)12-23(13-7-8-13)11-14-5-3-9-27-14/h3-6,9-10,13,18H,2,7-8,11-12H2,1H3,(H2,21,22,25). The van der Waals surface area contributed by atoms with Crippen LogP contribution in [0.25, 0.3) is 0 Å². The van der Waals surface area contributed by atoms with Gasteiger partial charge in [-0.1, -0.05) is 0 Å². The number of nitrogens with one attached hydrogen (secondary N) is 2. The first-order valence-corrected chi connectivity index (χ1v) is 9.43. The molecule has 0 aromatic carbocycles. The van der Waals surface area contributed by atoms with E-state index < -0.39 is 12.0 Å². The molecule has 2 aliphatic rings. The van der Waals surface area contributed by atoms with E-state index in [1.807, 2.05) is 12.1 Å². The molecule has 1 aliphatic carbocycles. The minimum Gasteiger partial charge on any atom is -0.468 e. The summed E-state index contributed by atoms with van der Waals surface area (Å²) < 4.78 is 16.2. The Morgan fingerprint density at radius 3 is 2.64 bits per heavy atom. The van der Waals surface area contributed by atoms with E-state index in [0.717, 1.165) is 18.6 Å². The van der Waals surface area contributed by atoms with Crippen molar-refractivity contribution >= 4 is 12.0 Å². The Balaban J connectivity index is 1.67. The van der Waals surface area contributed by atoms with Gasteiger partial charge >= 0.3 is 12.0 Å². The van der Waals surface area contributed by atoms with E-state index in [-0.39, 0.29) is 12.6 Å². The molecule has 4 rings (SSSR count). The van der Waals surface area contributed by atoms with Gasteiger partial charge in [0, 0.05) is 18.3 Å². The third-order valence-corrected chi connectivity index (χ3v) is 4.84. The van der Waals surface area contributed by atoms with Crippen LogP contribution in [0.15, 0.2) is 56.9 Å². The maximum atomic E-state index is 12.8. The third kappa shape index (κ3) is 3.96. The first-order valence-electron chi connectivity index (χ1n) is 9.43. The largest absolute Gasteiger partial charge is 0.468 e. The quantitative estimate of drug-likeness (QED) is 0.678. The summed E-state index contributed by atoms with van der Waals surface area (Å²) in [5.74, 6) is 0.854. The topological polar surface area (TPSA) is 97.0 Å². The Hall–Kier alpha value is -3.00. The molecule has 2 aromatic heterocycles. The van der Waals surface area contributed by atoms with Crippen LogP contribution in [0, 0.1) is 0 Å². The van der Waals surface area contributed by atoms with Crippen LogP contribution < -0.4 is 10.6 Å². The first-order chi connectivity index (χ1) is 13.7. The van der Waals surface area contributed by atoms with Crippen LogP contribution in [0.2, 0.25) is 0 Å². The number of ether oxygens (including phenoxy) is 1. The zero-order valence-corrected chi connectivity index (χ0v) is 15.6. The van der Waals surface area contributed by atoms with Crippen LogP contribution in [0.5, 0.6) is 0 Å². The molecular weight excluding hydrogens is 362 g/mol. The average molecular weight is 385 g/mol. The van der Waals surface area contributed by atoms with Gasteiger partial charge in [0.15, 0.2) is 0 Å². The van der Waals surface area contributed by atoms with E-state index in [9.17, 15) is 9.59 Å². The van der Waals surface area contributed by atoms with Crippen LogP contribution in [0.3, 0.4) is 0 Å². The monoisotopic (exact) mass is 385 g/mol. The van der Waals surface area contributed by atoms with Crippen molar-refractivity contribution in [3.8, 4) is 0 Å². The van der Waals surface area contributed by atoms with Gasteiger partial charge in [-0.3, -0.25) is 4.90 Å². The third-order valence-electron chi connectivity index (χ3n) is 4.84. The normalized spacial score (nSPS) is 19.5. The number of carbonyl (C=O) groups excluding carboxylic acids is 2. The molecule has 2 N–H and O–H groups in total. The highest BCUT2D eigenvalue weighted by molar-refractivity contribution is 5.95. The van der Waals surface area contributed by atoms with Gasteiger partial charge < -0.3 is 24.2 Å². The number of hydrogen-bond donors (Lipinski definition) is 2. The first kappa shape index (κ1) is 18.4. The highest BCUT2D eigenvalue weighted by atomic mass is 16.5. The second-order valence-corrected chi connectivity index (χ2v) is 6.88. The minimum atomic E-state index is -0.692. The zero-order valence-electron chi connectivity index (χ0n) is 15.6. The van der Waals surface area contributed by atoms with Gasteiger partial charge in [0.05, 0.1) is 31.3 Å². The second-order valence-electron chi connectivity index (χ2n) is 6.88. The van der Waals surface area contributed by atoms with Crippen molar-refractivity contribution in [1.82, 2.24) is 15.5 Å². The summed E-state index contributed by atoms with van der Waals surface area (Å²) in [5, 5.41) is 5.57. The Morgan fingerprint density at radius 2 is 2.00 bits per heavy atom. The Labute approximate surface area is 162 Å². The summed E-state index contributed by atoms with van der Waals surface area (Å²) in [4.78, 5) is 27.3. The van der Waals surface area contributed by atoms with Crippen molar-refractivity contribution in [2.75, 3.05) is 13.2 Å². The molecule has 8 heteroatoms. The van der Waals surface area contributed by atoms with Crippen molar-refractivity contribution in [2.45, 2.75) is 38.4 Å². The van der Waals surface area contributed by atoms with E-state index >= 15 is 0 Å². The maximum Gasteiger partial charge on any atom is 0.338 e. The molecule has 2 aromatic rings. The van der Waals surface area contributed by atoms with Crippen LogP contribution in [-0.2, 0) is 16.1 Å². The number of carbonyl (C=O) groups is 2. The summed E-state index contributed by atoms with van der Waals surface area (Å²) in [7, 11) is 0. The molecule has 0 radical (unpaired) electrons. The van der Waals surface area contributed by atoms with Crippen molar-refractivity contribution in [3.63, 3.8) is 0 Å². The molecule has 3 heterocycles. The molecule has 1 aliphatic heterocycles. The number of hydrogen-bond acceptors (Lipinski definition) is 6. The van der Waals surface area contributed by atoms with Gasteiger partial charge in [0.25, 0.3) is 0 Å². The van der Waals surface area contributed by atoms with Crippen molar-refractivity contribution in [2.24, 2.45) is 0 Å². The molecule has 0 saturated heterocycles. The fraction of sp³-hybridized carbons (Fsp3) is 0.400. The SMILES string of the molecule is CCOC(=O)C1=C(CN(Cc2ccco2)C2CC2)NC(=O)NC1c1ccco1. The number of rotatable bonds is 8. The fourth-order valence-electron chi connectivity index (χ4n) is 3.42. The van der Waals surface area contributed by atoms with Gasteiger partial charge in [0.1, 0.15) is 17.6 Å². The molecule has 0 spiro atoms. The number of urea groups is 1. The van der Waals surface area contributed by atoms with Crippen molar-refractivity contribution in [1.29, 1.82) is 0 Å². The number of amides is 2. The Morgan fingerprint density at radius 1 is 1.21 bits per heavy atom. The molecule has 1 fully saturated rings. The van der Waals surface area contributed by atoms with Gasteiger partial charge in [-0.25, -0.2) is 9.59 Å². The van der Waals surface area contributed by atoms with Gasteiger partial charge in [-0.15, -0.1) is 0 Å². The molecule has 8 nitrogen and oxygen atoms in total. The van der Waals surface area contributed by atoms with Gasteiger partial charge in [0.2, 0.25) is 0 Å². The van der Waals surface area contributed by atoms with Crippen LogP contribution in [-0.4, -0.2) is 36.1 Å². The van der Waals surface area contributed by atoms with E-state index in [1.54, 1.807) is 25.3 Å². The van der Waals surface area contributed by atoms with Crippen molar-refractivity contribution < 1.29 is 23.2 Å². The lowest BCUT2D eigenvalue weighted by atomic mass is 9.99. The van der Waals surface area contributed by atoms with E-state index in [4.69, 9.17) is 13.6 Å². The molecule has 148 valence electrons. The van der Waals surface area contributed by atoms with Crippen LogP contribution >= 0.6 is 0 Å².